The number of aliphatic carboxylic acids is 2. The summed E-state index contributed by atoms with van der Waals surface area (Å²) in [5.41, 5.74) is -0.268. The Labute approximate surface area is 86.5 Å². The van der Waals surface area contributed by atoms with Crippen molar-refractivity contribution in [2.24, 2.45) is 5.16 Å². The highest BCUT2D eigenvalue weighted by atomic mass is 16.7. The molecule has 1 rings (SSSR count). The van der Waals surface area contributed by atoms with E-state index in [1.54, 1.807) is 6.92 Å². The lowest BCUT2D eigenvalue weighted by Crippen LogP contribution is -2.32. The Hall–Kier alpha value is -1.59. The molecule has 15 heavy (non-hydrogen) atoms. The third-order valence-electron chi connectivity index (χ3n) is 2.24. The molecule has 0 spiro atoms. The van der Waals surface area contributed by atoms with Gasteiger partial charge >= 0.3 is 11.9 Å². The number of carboxylic acids is 2. The van der Waals surface area contributed by atoms with E-state index in [2.05, 4.69) is 5.16 Å². The number of hydrogen-bond acceptors (Lipinski definition) is 4. The summed E-state index contributed by atoms with van der Waals surface area (Å²) in [5.74, 6) is -1.97. The van der Waals surface area contributed by atoms with Crippen LogP contribution < -0.4 is 0 Å². The van der Waals surface area contributed by atoms with Crippen molar-refractivity contribution in [3.05, 3.63) is 0 Å². The summed E-state index contributed by atoms with van der Waals surface area (Å²) in [4.78, 5) is 26.1. The summed E-state index contributed by atoms with van der Waals surface area (Å²) in [6.07, 6.45) is 0.208. The first-order chi connectivity index (χ1) is 6.93. The summed E-state index contributed by atoms with van der Waals surface area (Å²) in [7, 11) is 0. The highest BCUT2D eigenvalue weighted by molar-refractivity contribution is 5.84. The Morgan fingerprint density at radius 2 is 2.13 bits per heavy atom. The lowest BCUT2D eigenvalue weighted by Gasteiger charge is -2.23. The predicted molar refractivity (Wildman–Crippen MR) is 50.7 cm³/mol. The normalized spacial score (nSPS) is 24.5. The Morgan fingerprint density at radius 3 is 2.53 bits per heavy atom. The van der Waals surface area contributed by atoms with Gasteiger partial charge in [-0.1, -0.05) is 5.16 Å². The topological polar surface area (TPSA) is 96.2 Å². The molecule has 0 aromatic heterocycles. The first kappa shape index (κ1) is 11.5. The molecule has 0 fully saturated rings. The summed E-state index contributed by atoms with van der Waals surface area (Å²) in [6, 6.07) is 0. The van der Waals surface area contributed by atoms with Crippen LogP contribution in [0, 0.1) is 0 Å². The standard InChI is InChI=1S/C9H13NO5/c1-6-4-9(15-10-6,5-8(13)14)3-2-7(11)12/h2-5H2,1H3,(H,11,12)(H,13,14). The number of hydrogen-bond donors (Lipinski definition) is 2. The van der Waals surface area contributed by atoms with Gasteiger partial charge in [-0.25, -0.2) is 0 Å². The van der Waals surface area contributed by atoms with Crippen LogP contribution >= 0.6 is 0 Å². The fraction of sp³-hybridized carbons (Fsp3) is 0.667. The monoisotopic (exact) mass is 215 g/mol. The van der Waals surface area contributed by atoms with Gasteiger partial charge in [0, 0.05) is 19.3 Å². The van der Waals surface area contributed by atoms with Gasteiger partial charge in [0.05, 0.1) is 12.1 Å². The molecule has 6 heteroatoms. The SMILES string of the molecule is CC1=NOC(CCC(=O)O)(CC(=O)O)C1. The second-order valence-corrected chi connectivity index (χ2v) is 3.74. The molecular weight excluding hydrogens is 202 g/mol. The Bertz CT molecular complexity index is 312. The molecule has 1 atom stereocenters. The van der Waals surface area contributed by atoms with Crippen LogP contribution in [0.25, 0.3) is 0 Å². The molecule has 0 bridgehead atoms. The zero-order valence-corrected chi connectivity index (χ0v) is 8.39. The van der Waals surface area contributed by atoms with Crippen LogP contribution in [0.2, 0.25) is 0 Å². The molecular formula is C9H13NO5. The second kappa shape index (κ2) is 4.29. The minimum atomic E-state index is -1.01. The van der Waals surface area contributed by atoms with Crippen LogP contribution in [0.15, 0.2) is 5.16 Å². The van der Waals surface area contributed by atoms with E-state index in [4.69, 9.17) is 15.1 Å². The van der Waals surface area contributed by atoms with Gasteiger partial charge in [0.25, 0.3) is 0 Å². The Balaban J connectivity index is 2.62. The zero-order valence-electron chi connectivity index (χ0n) is 8.39. The van der Waals surface area contributed by atoms with E-state index in [0.717, 1.165) is 0 Å². The van der Waals surface area contributed by atoms with Crippen LogP contribution in [-0.2, 0) is 14.4 Å². The van der Waals surface area contributed by atoms with Gasteiger partial charge < -0.3 is 15.1 Å². The van der Waals surface area contributed by atoms with Gasteiger partial charge in [-0.2, -0.15) is 0 Å². The maximum Gasteiger partial charge on any atom is 0.307 e. The lowest BCUT2D eigenvalue weighted by molar-refractivity contribution is -0.147. The van der Waals surface area contributed by atoms with Crippen LogP contribution in [0.5, 0.6) is 0 Å². The molecule has 1 heterocycles. The number of carboxylic acid groups (broad SMARTS) is 2. The van der Waals surface area contributed by atoms with Crippen molar-refractivity contribution in [2.75, 3.05) is 0 Å². The van der Waals surface area contributed by atoms with Gasteiger partial charge in [0.15, 0.2) is 5.60 Å². The average Bonchev–Trinajstić information content (AvgIpc) is 2.44. The van der Waals surface area contributed by atoms with Crippen molar-refractivity contribution in [1.82, 2.24) is 0 Å². The molecule has 0 saturated carbocycles. The largest absolute Gasteiger partial charge is 0.481 e. The summed E-state index contributed by atoms with van der Waals surface area (Å²) < 4.78 is 0. The first-order valence-corrected chi connectivity index (χ1v) is 4.59. The summed E-state index contributed by atoms with van der Waals surface area (Å²) in [5, 5.41) is 20.9. The molecule has 1 aliphatic rings. The first-order valence-electron chi connectivity index (χ1n) is 4.59. The van der Waals surface area contributed by atoms with E-state index >= 15 is 0 Å². The van der Waals surface area contributed by atoms with Gasteiger partial charge in [0.2, 0.25) is 0 Å². The molecule has 1 aliphatic heterocycles. The smallest absolute Gasteiger partial charge is 0.307 e. The zero-order chi connectivity index (χ0) is 11.5. The van der Waals surface area contributed by atoms with E-state index in [1.807, 2.05) is 0 Å². The third kappa shape index (κ3) is 3.23. The molecule has 0 saturated heterocycles. The van der Waals surface area contributed by atoms with Crippen LogP contribution in [0.3, 0.4) is 0 Å². The van der Waals surface area contributed by atoms with Crippen molar-refractivity contribution >= 4 is 17.7 Å². The van der Waals surface area contributed by atoms with Gasteiger partial charge in [-0.3, -0.25) is 9.59 Å². The quantitative estimate of drug-likeness (QED) is 0.709. The average molecular weight is 215 g/mol. The molecule has 0 amide bonds. The van der Waals surface area contributed by atoms with E-state index < -0.39 is 17.5 Å². The van der Waals surface area contributed by atoms with Crippen LogP contribution in [0.1, 0.15) is 32.6 Å². The number of rotatable bonds is 5. The van der Waals surface area contributed by atoms with E-state index in [1.165, 1.54) is 0 Å². The van der Waals surface area contributed by atoms with Crippen molar-refractivity contribution in [3.63, 3.8) is 0 Å². The number of nitrogens with zero attached hydrogens (tertiary/aromatic N) is 1. The molecule has 0 aliphatic carbocycles. The van der Waals surface area contributed by atoms with Crippen LogP contribution in [-0.4, -0.2) is 33.5 Å². The molecule has 0 aromatic carbocycles. The van der Waals surface area contributed by atoms with Gasteiger partial charge in [0.1, 0.15) is 0 Å². The minimum Gasteiger partial charge on any atom is -0.481 e. The van der Waals surface area contributed by atoms with Crippen molar-refractivity contribution < 1.29 is 24.6 Å². The third-order valence-corrected chi connectivity index (χ3v) is 2.24. The number of carbonyl (C=O) groups is 2. The molecule has 6 nitrogen and oxygen atoms in total. The fourth-order valence-corrected chi connectivity index (χ4v) is 1.63. The Morgan fingerprint density at radius 1 is 1.47 bits per heavy atom. The predicted octanol–water partition coefficient (Wildman–Crippen LogP) is 0.861. The van der Waals surface area contributed by atoms with E-state index in [9.17, 15) is 9.59 Å². The van der Waals surface area contributed by atoms with E-state index in [-0.39, 0.29) is 19.3 Å². The maximum atomic E-state index is 10.6. The molecule has 84 valence electrons. The highest BCUT2D eigenvalue weighted by Gasteiger charge is 2.40. The molecule has 0 radical (unpaired) electrons. The molecule has 0 aromatic rings. The van der Waals surface area contributed by atoms with E-state index in [0.29, 0.717) is 12.1 Å². The molecule has 2 N–H and O–H groups in total. The summed E-state index contributed by atoms with van der Waals surface area (Å²) in [6.45, 7) is 1.73. The fourth-order valence-electron chi connectivity index (χ4n) is 1.63. The number of oxime groups is 1. The minimum absolute atomic E-state index is 0.115. The molecule has 1 unspecified atom stereocenters. The van der Waals surface area contributed by atoms with Crippen LogP contribution in [0.4, 0.5) is 0 Å². The maximum absolute atomic E-state index is 10.6. The van der Waals surface area contributed by atoms with Crippen molar-refractivity contribution in [2.45, 2.75) is 38.2 Å². The van der Waals surface area contributed by atoms with Gasteiger partial charge in [-0.15, -0.1) is 0 Å². The second-order valence-electron chi connectivity index (χ2n) is 3.74. The van der Waals surface area contributed by atoms with Crippen molar-refractivity contribution in [1.29, 1.82) is 0 Å². The van der Waals surface area contributed by atoms with Crippen molar-refractivity contribution in [3.8, 4) is 0 Å². The Kier molecular flexibility index (Phi) is 3.28. The highest BCUT2D eigenvalue weighted by Crippen LogP contribution is 2.32. The van der Waals surface area contributed by atoms with Gasteiger partial charge in [-0.05, 0) is 6.92 Å². The lowest BCUT2D eigenvalue weighted by atomic mass is 9.89. The summed E-state index contributed by atoms with van der Waals surface area (Å²) >= 11 is 0.